The van der Waals surface area contributed by atoms with Crippen molar-refractivity contribution in [2.45, 2.75) is 12.6 Å². The van der Waals surface area contributed by atoms with E-state index < -0.39 is 12.8 Å². The lowest BCUT2D eigenvalue weighted by molar-refractivity contribution is 0.385. The first-order valence-corrected chi connectivity index (χ1v) is 2.04. The molecule has 2 heteroatoms. The van der Waals surface area contributed by atoms with Crippen molar-refractivity contribution in [3.8, 4) is 0 Å². The Labute approximate surface area is 35.2 Å². The average Bonchev–Trinajstić information content (AvgIpc) is 2.19. The van der Waals surface area contributed by atoms with Gasteiger partial charge in [-0.3, -0.25) is 4.39 Å². The zero-order valence-electron chi connectivity index (χ0n) is 3.32. The van der Waals surface area contributed by atoms with E-state index >= 15 is 0 Å². The second kappa shape index (κ2) is 1.17. The van der Waals surface area contributed by atoms with Crippen molar-refractivity contribution in [3.05, 3.63) is 0 Å². The molecule has 0 amide bonds. The van der Waals surface area contributed by atoms with Crippen LogP contribution in [0.5, 0.6) is 0 Å². The van der Waals surface area contributed by atoms with Crippen LogP contribution in [0.15, 0.2) is 0 Å². The first-order valence-electron chi connectivity index (χ1n) is 2.04. The summed E-state index contributed by atoms with van der Waals surface area (Å²) >= 11 is 0. The molecule has 0 aromatic rings. The van der Waals surface area contributed by atoms with Crippen LogP contribution in [0.2, 0.25) is 0 Å². The SMILES string of the molecule is FCC1CC1F. The fourth-order valence-electron chi connectivity index (χ4n) is 0.370. The summed E-state index contributed by atoms with van der Waals surface area (Å²) in [5, 5.41) is 0. The van der Waals surface area contributed by atoms with E-state index in [4.69, 9.17) is 0 Å². The molecular weight excluding hydrogens is 86.0 g/mol. The first-order chi connectivity index (χ1) is 2.84. The van der Waals surface area contributed by atoms with Crippen LogP contribution >= 0.6 is 0 Å². The molecule has 2 unspecified atom stereocenters. The Hall–Kier alpha value is -0.140. The lowest BCUT2D eigenvalue weighted by Crippen LogP contribution is -1.78. The minimum Gasteiger partial charge on any atom is -0.251 e. The van der Waals surface area contributed by atoms with Crippen LogP contribution in [-0.4, -0.2) is 12.8 Å². The van der Waals surface area contributed by atoms with Gasteiger partial charge >= 0.3 is 0 Å². The van der Waals surface area contributed by atoms with Crippen LogP contribution in [0.1, 0.15) is 6.42 Å². The predicted octanol–water partition coefficient (Wildman–Crippen LogP) is 1.31. The van der Waals surface area contributed by atoms with Gasteiger partial charge in [-0.25, -0.2) is 4.39 Å². The van der Waals surface area contributed by atoms with Gasteiger partial charge in [0.1, 0.15) is 6.17 Å². The molecule has 36 valence electrons. The molecule has 6 heavy (non-hydrogen) atoms. The van der Waals surface area contributed by atoms with Crippen molar-refractivity contribution in [2.24, 2.45) is 5.92 Å². The van der Waals surface area contributed by atoms with Gasteiger partial charge in [0, 0.05) is 5.92 Å². The molecule has 0 bridgehead atoms. The maximum Gasteiger partial charge on any atom is 0.106 e. The third-order valence-corrected chi connectivity index (χ3v) is 1.03. The summed E-state index contributed by atoms with van der Waals surface area (Å²) in [5.41, 5.74) is 0. The Morgan fingerprint density at radius 2 is 2.17 bits per heavy atom. The zero-order valence-corrected chi connectivity index (χ0v) is 3.32. The summed E-state index contributed by atoms with van der Waals surface area (Å²) in [6, 6.07) is 0. The average molecular weight is 92.1 g/mol. The molecule has 1 saturated carbocycles. The van der Waals surface area contributed by atoms with Crippen molar-refractivity contribution in [1.29, 1.82) is 0 Å². The topological polar surface area (TPSA) is 0 Å². The van der Waals surface area contributed by atoms with Gasteiger partial charge in [0.2, 0.25) is 0 Å². The van der Waals surface area contributed by atoms with Gasteiger partial charge in [-0.15, -0.1) is 0 Å². The zero-order chi connectivity index (χ0) is 4.57. The largest absolute Gasteiger partial charge is 0.251 e. The summed E-state index contributed by atoms with van der Waals surface area (Å²) in [7, 11) is 0. The standard InChI is InChI=1S/C4H6F2/c5-2-3-1-4(3)6/h3-4H,1-2H2. The third-order valence-electron chi connectivity index (χ3n) is 1.03. The van der Waals surface area contributed by atoms with Crippen LogP contribution in [0.25, 0.3) is 0 Å². The summed E-state index contributed by atoms with van der Waals surface area (Å²) in [6.07, 6.45) is -0.355. The van der Waals surface area contributed by atoms with E-state index in [0.29, 0.717) is 6.42 Å². The minimum atomic E-state index is -0.810. The van der Waals surface area contributed by atoms with Gasteiger partial charge in [0.15, 0.2) is 0 Å². The van der Waals surface area contributed by atoms with Crippen molar-refractivity contribution in [2.75, 3.05) is 6.67 Å². The lowest BCUT2D eigenvalue weighted by Gasteiger charge is -1.73. The molecule has 0 spiro atoms. The highest BCUT2D eigenvalue weighted by Gasteiger charge is 2.36. The number of halogens is 2. The van der Waals surface area contributed by atoms with E-state index in [-0.39, 0.29) is 5.92 Å². The van der Waals surface area contributed by atoms with E-state index in [0.717, 1.165) is 0 Å². The molecule has 0 saturated heterocycles. The van der Waals surface area contributed by atoms with Crippen molar-refractivity contribution >= 4 is 0 Å². The highest BCUT2D eigenvalue weighted by Crippen LogP contribution is 2.33. The summed E-state index contributed by atoms with van der Waals surface area (Å²) < 4.78 is 22.7. The minimum absolute atomic E-state index is 0.231. The summed E-state index contributed by atoms with van der Waals surface area (Å²) in [5.74, 6) is -0.231. The Bertz CT molecular complexity index is 51.5. The molecule has 1 rings (SSSR count). The molecule has 0 radical (unpaired) electrons. The van der Waals surface area contributed by atoms with Gasteiger partial charge in [0.05, 0.1) is 6.67 Å². The molecule has 1 aliphatic rings. The highest BCUT2D eigenvalue weighted by molar-refractivity contribution is 4.85. The lowest BCUT2D eigenvalue weighted by atomic mass is 10.5. The molecule has 0 heterocycles. The number of hydrogen-bond donors (Lipinski definition) is 0. The van der Waals surface area contributed by atoms with Gasteiger partial charge in [0.25, 0.3) is 0 Å². The monoisotopic (exact) mass is 92.0 g/mol. The van der Waals surface area contributed by atoms with Gasteiger partial charge < -0.3 is 0 Å². The van der Waals surface area contributed by atoms with Crippen molar-refractivity contribution in [1.82, 2.24) is 0 Å². The quantitative estimate of drug-likeness (QED) is 0.457. The van der Waals surface area contributed by atoms with Crippen molar-refractivity contribution < 1.29 is 8.78 Å². The first kappa shape index (κ1) is 4.03. The Balaban J connectivity index is 2.09. The van der Waals surface area contributed by atoms with Crippen LogP contribution < -0.4 is 0 Å². The predicted molar refractivity (Wildman–Crippen MR) is 19.0 cm³/mol. The maximum atomic E-state index is 11.5. The Morgan fingerprint density at radius 3 is 2.17 bits per heavy atom. The molecular formula is C4H6F2. The Kier molecular flexibility index (Phi) is 0.787. The molecule has 2 atom stereocenters. The van der Waals surface area contributed by atoms with Gasteiger partial charge in [-0.1, -0.05) is 0 Å². The van der Waals surface area contributed by atoms with E-state index in [2.05, 4.69) is 0 Å². The molecule has 1 fully saturated rings. The maximum absolute atomic E-state index is 11.5. The van der Waals surface area contributed by atoms with E-state index in [9.17, 15) is 8.78 Å². The van der Waals surface area contributed by atoms with E-state index in [1.165, 1.54) is 0 Å². The van der Waals surface area contributed by atoms with E-state index in [1.807, 2.05) is 0 Å². The Morgan fingerprint density at radius 1 is 1.67 bits per heavy atom. The molecule has 1 aliphatic carbocycles. The number of alkyl halides is 2. The molecule has 0 aromatic heterocycles. The number of rotatable bonds is 1. The highest BCUT2D eigenvalue weighted by atomic mass is 19.1. The number of hydrogen-bond acceptors (Lipinski definition) is 0. The summed E-state index contributed by atoms with van der Waals surface area (Å²) in [4.78, 5) is 0. The van der Waals surface area contributed by atoms with Crippen LogP contribution in [0.3, 0.4) is 0 Å². The van der Waals surface area contributed by atoms with Crippen LogP contribution in [0, 0.1) is 5.92 Å². The summed E-state index contributed by atoms with van der Waals surface area (Å²) in [6.45, 7) is -0.471. The van der Waals surface area contributed by atoms with Crippen LogP contribution in [-0.2, 0) is 0 Å². The smallest absolute Gasteiger partial charge is 0.106 e. The normalized spacial score (nSPS) is 43.0. The van der Waals surface area contributed by atoms with Gasteiger partial charge in [-0.2, -0.15) is 0 Å². The molecule has 0 nitrogen and oxygen atoms in total. The fraction of sp³-hybridized carbons (Fsp3) is 1.00. The second-order valence-corrected chi connectivity index (χ2v) is 1.67. The molecule has 0 aliphatic heterocycles. The fourth-order valence-corrected chi connectivity index (χ4v) is 0.370. The van der Waals surface area contributed by atoms with Gasteiger partial charge in [-0.05, 0) is 6.42 Å². The third kappa shape index (κ3) is 0.511. The van der Waals surface area contributed by atoms with Crippen LogP contribution in [0.4, 0.5) is 8.78 Å². The molecule has 0 aromatic carbocycles. The van der Waals surface area contributed by atoms with E-state index in [1.54, 1.807) is 0 Å². The van der Waals surface area contributed by atoms with Crippen molar-refractivity contribution in [3.63, 3.8) is 0 Å². The molecule has 0 N–H and O–H groups in total. The second-order valence-electron chi connectivity index (χ2n) is 1.67.